The lowest BCUT2D eigenvalue weighted by Crippen LogP contribution is -2.29. The number of amides is 1. The van der Waals surface area contributed by atoms with Gasteiger partial charge in [-0.05, 0) is 43.0 Å². The molecule has 1 fully saturated rings. The molecule has 5 heteroatoms. The molecule has 2 aromatic rings. The van der Waals surface area contributed by atoms with Crippen molar-refractivity contribution in [3.8, 4) is 11.8 Å². The van der Waals surface area contributed by atoms with E-state index >= 15 is 0 Å². The van der Waals surface area contributed by atoms with Crippen molar-refractivity contribution in [1.82, 2.24) is 5.32 Å². The highest BCUT2D eigenvalue weighted by Crippen LogP contribution is 2.29. The topological polar surface area (TPSA) is 65.4 Å². The molecule has 0 aromatic heterocycles. The van der Waals surface area contributed by atoms with Crippen LogP contribution in [0, 0.1) is 11.3 Å². The van der Waals surface area contributed by atoms with Gasteiger partial charge in [0.25, 0.3) is 5.91 Å². The molecule has 1 aliphatic heterocycles. The molecule has 1 N–H and O–H groups in total. The number of carbonyl (C=O) groups is 1. The van der Waals surface area contributed by atoms with Gasteiger partial charge in [-0.25, -0.2) is 0 Å². The Morgan fingerprint density at radius 1 is 1.18 bits per heavy atom. The second-order valence-electron chi connectivity index (χ2n) is 6.81. The number of hydrogen-bond donors (Lipinski definition) is 1. The molecule has 1 aliphatic rings. The molecule has 0 unspecified atom stereocenters. The van der Waals surface area contributed by atoms with E-state index in [0.29, 0.717) is 12.3 Å². The van der Waals surface area contributed by atoms with Gasteiger partial charge in [0.1, 0.15) is 17.4 Å². The van der Waals surface area contributed by atoms with Crippen LogP contribution in [0.25, 0.3) is 6.08 Å². The summed E-state index contributed by atoms with van der Waals surface area (Å²) in [6.45, 7) is 2.47. The summed E-state index contributed by atoms with van der Waals surface area (Å²) in [4.78, 5) is 14.8. The Bertz CT molecular complexity index is 878. The maximum absolute atomic E-state index is 12.4. The van der Waals surface area contributed by atoms with Crippen LogP contribution >= 0.6 is 0 Å². The molecule has 1 heterocycles. The molecule has 0 spiro atoms. The monoisotopic (exact) mass is 375 g/mol. The van der Waals surface area contributed by atoms with Crippen molar-refractivity contribution in [3.05, 3.63) is 65.2 Å². The van der Waals surface area contributed by atoms with E-state index in [0.717, 1.165) is 29.9 Å². The summed E-state index contributed by atoms with van der Waals surface area (Å²) in [5, 5.41) is 12.2. The normalized spacial score (nSPS) is 14.3. The van der Waals surface area contributed by atoms with Gasteiger partial charge in [0.2, 0.25) is 0 Å². The van der Waals surface area contributed by atoms with Crippen molar-refractivity contribution in [2.75, 3.05) is 25.1 Å². The first-order valence-electron chi connectivity index (χ1n) is 9.58. The molecule has 0 atom stereocenters. The number of rotatable bonds is 6. The van der Waals surface area contributed by atoms with E-state index in [1.165, 1.54) is 19.3 Å². The molecule has 3 rings (SSSR count). The number of methoxy groups -OCH3 is 1. The zero-order chi connectivity index (χ0) is 19.8. The molecule has 0 radical (unpaired) electrons. The Morgan fingerprint density at radius 2 is 1.93 bits per heavy atom. The van der Waals surface area contributed by atoms with E-state index in [9.17, 15) is 10.1 Å². The van der Waals surface area contributed by atoms with Gasteiger partial charge in [0.15, 0.2) is 0 Å². The number of carbonyl (C=O) groups excluding carboxylic acids is 1. The van der Waals surface area contributed by atoms with Crippen LogP contribution in [0.15, 0.2) is 54.1 Å². The van der Waals surface area contributed by atoms with Crippen LogP contribution in [0.2, 0.25) is 0 Å². The van der Waals surface area contributed by atoms with Crippen molar-refractivity contribution in [2.45, 2.75) is 25.8 Å². The van der Waals surface area contributed by atoms with Gasteiger partial charge >= 0.3 is 0 Å². The van der Waals surface area contributed by atoms with E-state index in [4.69, 9.17) is 4.74 Å². The van der Waals surface area contributed by atoms with E-state index in [1.54, 1.807) is 13.2 Å². The Balaban J connectivity index is 1.75. The lowest BCUT2D eigenvalue weighted by molar-refractivity contribution is -0.117. The average molecular weight is 375 g/mol. The predicted molar refractivity (Wildman–Crippen MR) is 111 cm³/mol. The number of piperidine rings is 1. The fourth-order valence-electron chi connectivity index (χ4n) is 3.35. The molecule has 2 aromatic carbocycles. The van der Waals surface area contributed by atoms with Crippen LogP contribution in [0.5, 0.6) is 5.75 Å². The molecular formula is C23H25N3O2. The maximum Gasteiger partial charge on any atom is 0.262 e. The number of benzene rings is 2. The Hall–Kier alpha value is -3.26. The molecule has 28 heavy (non-hydrogen) atoms. The van der Waals surface area contributed by atoms with Gasteiger partial charge in [-0.3, -0.25) is 4.79 Å². The van der Waals surface area contributed by atoms with Gasteiger partial charge in [-0.2, -0.15) is 5.26 Å². The van der Waals surface area contributed by atoms with Crippen LogP contribution in [-0.4, -0.2) is 26.1 Å². The third-order valence-corrected chi connectivity index (χ3v) is 4.90. The Kier molecular flexibility index (Phi) is 6.69. The summed E-state index contributed by atoms with van der Waals surface area (Å²) in [6.07, 6.45) is 5.26. The lowest BCUT2D eigenvalue weighted by atomic mass is 10.1. The number of nitrogens with zero attached hydrogens (tertiary/aromatic N) is 2. The first-order valence-corrected chi connectivity index (χ1v) is 9.58. The first kappa shape index (κ1) is 19.5. The van der Waals surface area contributed by atoms with E-state index in [-0.39, 0.29) is 5.57 Å². The third kappa shape index (κ3) is 4.92. The molecule has 0 saturated carbocycles. The molecule has 0 aliphatic carbocycles. The highest BCUT2D eigenvalue weighted by Gasteiger charge is 2.14. The van der Waals surface area contributed by atoms with Crippen molar-refractivity contribution in [1.29, 1.82) is 5.26 Å². The molecular weight excluding hydrogens is 350 g/mol. The minimum absolute atomic E-state index is 0.0555. The van der Waals surface area contributed by atoms with Gasteiger partial charge in [-0.1, -0.05) is 30.3 Å². The lowest BCUT2D eigenvalue weighted by Gasteiger charge is -2.29. The van der Waals surface area contributed by atoms with E-state index in [2.05, 4.69) is 10.2 Å². The van der Waals surface area contributed by atoms with Crippen molar-refractivity contribution >= 4 is 17.7 Å². The number of ether oxygens (including phenoxy) is 1. The van der Waals surface area contributed by atoms with Crippen LogP contribution in [0.1, 0.15) is 30.4 Å². The molecule has 5 nitrogen and oxygen atoms in total. The highest BCUT2D eigenvalue weighted by atomic mass is 16.5. The van der Waals surface area contributed by atoms with E-state index < -0.39 is 5.91 Å². The standard InChI is InChI=1S/C23H25N3O2/c1-28-22-15-21(26-12-6-3-7-13-26)11-10-19(22)14-20(16-24)23(27)25-17-18-8-4-2-5-9-18/h2,4-5,8-11,14-15H,3,6-7,12-13,17H2,1H3,(H,25,27)/b20-14-. The van der Waals surface area contributed by atoms with Crippen LogP contribution in [0.4, 0.5) is 5.69 Å². The molecule has 144 valence electrons. The quantitative estimate of drug-likeness (QED) is 0.614. The van der Waals surface area contributed by atoms with Crippen LogP contribution in [0.3, 0.4) is 0 Å². The summed E-state index contributed by atoms with van der Waals surface area (Å²) in [5.41, 5.74) is 2.87. The third-order valence-electron chi connectivity index (χ3n) is 4.90. The van der Waals surface area contributed by atoms with Gasteiger partial charge in [-0.15, -0.1) is 0 Å². The zero-order valence-corrected chi connectivity index (χ0v) is 16.1. The second kappa shape index (κ2) is 9.61. The van der Waals surface area contributed by atoms with Crippen LogP contribution in [-0.2, 0) is 11.3 Å². The van der Waals surface area contributed by atoms with Crippen molar-refractivity contribution in [2.24, 2.45) is 0 Å². The number of hydrogen-bond acceptors (Lipinski definition) is 4. The Morgan fingerprint density at radius 3 is 2.61 bits per heavy atom. The van der Waals surface area contributed by atoms with Gasteiger partial charge < -0.3 is 15.0 Å². The SMILES string of the molecule is COc1cc(N2CCCCC2)ccc1/C=C(/C#N)C(=O)NCc1ccccc1. The van der Waals surface area contributed by atoms with Gasteiger partial charge in [0.05, 0.1) is 7.11 Å². The average Bonchev–Trinajstić information content (AvgIpc) is 2.77. The summed E-state index contributed by atoms with van der Waals surface area (Å²) < 4.78 is 5.52. The minimum atomic E-state index is -0.395. The van der Waals surface area contributed by atoms with Crippen molar-refractivity contribution < 1.29 is 9.53 Å². The first-order chi connectivity index (χ1) is 13.7. The number of nitrogens with one attached hydrogen (secondary N) is 1. The predicted octanol–water partition coefficient (Wildman–Crippen LogP) is 3.91. The number of anilines is 1. The second-order valence-corrected chi connectivity index (χ2v) is 6.81. The van der Waals surface area contributed by atoms with Crippen LogP contribution < -0.4 is 15.0 Å². The molecule has 1 amide bonds. The fourth-order valence-corrected chi connectivity index (χ4v) is 3.35. The molecule has 0 bridgehead atoms. The smallest absolute Gasteiger partial charge is 0.262 e. The fraction of sp³-hybridized carbons (Fsp3) is 0.304. The largest absolute Gasteiger partial charge is 0.496 e. The zero-order valence-electron chi connectivity index (χ0n) is 16.1. The molecule has 1 saturated heterocycles. The maximum atomic E-state index is 12.4. The summed E-state index contributed by atoms with van der Waals surface area (Å²) in [6, 6.07) is 17.5. The summed E-state index contributed by atoms with van der Waals surface area (Å²) >= 11 is 0. The van der Waals surface area contributed by atoms with Crippen molar-refractivity contribution in [3.63, 3.8) is 0 Å². The van der Waals surface area contributed by atoms with E-state index in [1.807, 2.05) is 54.6 Å². The summed E-state index contributed by atoms with van der Waals surface area (Å²) in [7, 11) is 1.61. The highest BCUT2D eigenvalue weighted by molar-refractivity contribution is 6.02. The minimum Gasteiger partial charge on any atom is -0.496 e. The summed E-state index contributed by atoms with van der Waals surface area (Å²) in [5.74, 6) is 0.264. The van der Waals surface area contributed by atoms with Gasteiger partial charge in [0, 0.05) is 37.0 Å². The number of nitriles is 1. The Labute approximate surface area is 166 Å².